The van der Waals surface area contributed by atoms with Gasteiger partial charge in [0.1, 0.15) is 5.03 Å². The van der Waals surface area contributed by atoms with Crippen LogP contribution in [-0.2, 0) is 11.2 Å². The lowest BCUT2D eigenvalue weighted by Crippen LogP contribution is -2.24. The molecule has 104 valence electrons. The maximum atomic E-state index is 12.4. The first-order valence-electron chi connectivity index (χ1n) is 5.04. The van der Waals surface area contributed by atoms with Gasteiger partial charge in [-0.25, -0.2) is 0 Å². The fourth-order valence-corrected chi connectivity index (χ4v) is 2.34. The minimum atomic E-state index is -4.68. The molecule has 0 radical (unpaired) electrons. The van der Waals surface area contributed by atoms with Gasteiger partial charge in [0.25, 0.3) is 0 Å². The van der Waals surface area contributed by atoms with E-state index in [0.29, 0.717) is 16.1 Å². The van der Waals surface area contributed by atoms with Crippen LogP contribution in [0.5, 0.6) is 0 Å². The number of carbonyl (C=O) groups excluding carboxylic acids is 1. The van der Waals surface area contributed by atoms with Gasteiger partial charge in [0, 0.05) is 16.9 Å². The van der Waals surface area contributed by atoms with Crippen LogP contribution in [0, 0.1) is 6.92 Å². The van der Waals surface area contributed by atoms with Crippen molar-refractivity contribution >= 4 is 39.6 Å². The molecule has 0 unspecified atom stereocenters. The summed E-state index contributed by atoms with van der Waals surface area (Å²) in [5, 5.41) is 9.30. The van der Waals surface area contributed by atoms with Gasteiger partial charge >= 0.3 is 6.18 Å². The van der Waals surface area contributed by atoms with Crippen LogP contribution in [-0.4, -0.2) is 12.1 Å². The molecule has 1 aromatic rings. The van der Waals surface area contributed by atoms with Gasteiger partial charge in [0.15, 0.2) is 0 Å². The predicted octanol–water partition coefficient (Wildman–Crippen LogP) is 3.19. The van der Waals surface area contributed by atoms with Crippen LogP contribution in [0.4, 0.5) is 13.2 Å². The van der Waals surface area contributed by atoms with Crippen LogP contribution in [0.15, 0.2) is 21.6 Å². The standard InChI is InChI=1S/C12H9BrClF3O2/c1-6-2-7(4-11(18)19)8(9(13)3-6)5-10(14)12(15,16)17/h2-3,5H,4H2,1H3,(H,18,19)/p-1/b10-5-. The highest BCUT2D eigenvalue weighted by atomic mass is 79.9. The Hall–Kier alpha value is -1.01. The second kappa shape index (κ2) is 5.96. The maximum absolute atomic E-state index is 12.4. The molecule has 0 aromatic heterocycles. The Morgan fingerprint density at radius 2 is 2.05 bits per heavy atom. The number of allylic oxidation sites excluding steroid dienone is 1. The molecule has 1 rings (SSSR count). The normalized spacial score (nSPS) is 12.6. The highest BCUT2D eigenvalue weighted by Crippen LogP contribution is 2.33. The van der Waals surface area contributed by atoms with Crippen molar-refractivity contribution in [2.45, 2.75) is 19.5 Å². The number of halogens is 5. The Morgan fingerprint density at radius 1 is 1.47 bits per heavy atom. The Kier molecular flexibility index (Phi) is 5.04. The van der Waals surface area contributed by atoms with Crippen molar-refractivity contribution in [1.29, 1.82) is 0 Å². The molecule has 0 aliphatic carbocycles. The van der Waals surface area contributed by atoms with E-state index in [9.17, 15) is 23.1 Å². The van der Waals surface area contributed by atoms with Crippen molar-refractivity contribution < 1.29 is 23.1 Å². The lowest BCUT2D eigenvalue weighted by atomic mass is 10.0. The number of benzene rings is 1. The zero-order valence-corrected chi connectivity index (χ0v) is 12.0. The molecule has 0 atom stereocenters. The van der Waals surface area contributed by atoms with Crippen LogP contribution in [0.25, 0.3) is 6.08 Å². The lowest BCUT2D eigenvalue weighted by Gasteiger charge is -2.12. The first kappa shape index (κ1) is 16.0. The summed E-state index contributed by atoms with van der Waals surface area (Å²) in [6.45, 7) is 1.70. The Labute approximate surface area is 121 Å². The molecule has 0 fully saturated rings. The predicted molar refractivity (Wildman–Crippen MR) is 67.5 cm³/mol. The van der Waals surface area contributed by atoms with E-state index in [1.54, 1.807) is 13.0 Å². The van der Waals surface area contributed by atoms with Gasteiger partial charge in [0.2, 0.25) is 0 Å². The second-order valence-electron chi connectivity index (χ2n) is 3.86. The van der Waals surface area contributed by atoms with E-state index in [4.69, 9.17) is 11.6 Å². The zero-order chi connectivity index (χ0) is 14.8. The lowest BCUT2D eigenvalue weighted by molar-refractivity contribution is -0.304. The van der Waals surface area contributed by atoms with Gasteiger partial charge in [-0.05, 0) is 35.8 Å². The van der Waals surface area contributed by atoms with E-state index in [1.165, 1.54) is 6.07 Å². The number of aliphatic carboxylic acids is 1. The second-order valence-corrected chi connectivity index (χ2v) is 5.12. The van der Waals surface area contributed by atoms with Gasteiger partial charge in [-0.1, -0.05) is 33.6 Å². The summed E-state index contributed by atoms with van der Waals surface area (Å²) in [6, 6.07) is 3.05. The van der Waals surface area contributed by atoms with E-state index in [1.807, 2.05) is 0 Å². The molecule has 0 N–H and O–H groups in total. The first-order valence-corrected chi connectivity index (χ1v) is 6.21. The molecule has 0 aliphatic rings. The van der Waals surface area contributed by atoms with Crippen molar-refractivity contribution in [1.82, 2.24) is 0 Å². The van der Waals surface area contributed by atoms with E-state index in [0.717, 1.165) is 0 Å². The number of hydrogen-bond donors (Lipinski definition) is 0. The average Bonchev–Trinajstić information content (AvgIpc) is 2.20. The molecule has 0 saturated heterocycles. The van der Waals surface area contributed by atoms with E-state index >= 15 is 0 Å². The topological polar surface area (TPSA) is 40.1 Å². The maximum Gasteiger partial charge on any atom is 0.426 e. The molecule has 19 heavy (non-hydrogen) atoms. The monoisotopic (exact) mass is 355 g/mol. The van der Waals surface area contributed by atoms with Crippen LogP contribution in [0.2, 0.25) is 0 Å². The summed E-state index contributed by atoms with van der Waals surface area (Å²) in [4.78, 5) is 10.6. The number of carbonyl (C=O) groups is 1. The molecule has 1 aromatic carbocycles. The fourth-order valence-electron chi connectivity index (χ4n) is 1.50. The Balaban J connectivity index is 3.37. The van der Waals surface area contributed by atoms with E-state index < -0.39 is 23.6 Å². The van der Waals surface area contributed by atoms with Crippen LogP contribution < -0.4 is 5.11 Å². The van der Waals surface area contributed by atoms with Crippen molar-refractivity contribution in [2.24, 2.45) is 0 Å². The van der Waals surface area contributed by atoms with Crippen molar-refractivity contribution in [3.63, 3.8) is 0 Å². The third kappa shape index (κ3) is 4.54. The number of hydrogen-bond acceptors (Lipinski definition) is 2. The summed E-state index contributed by atoms with van der Waals surface area (Å²) in [5.41, 5.74) is 0.995. The quantitative estimate of drug-likeness (QED) is 0.834. The molecular weight excluding hydrogens is 348 g/mol. The third-order valence-corrected chi connectivity index (χ3v) is 3.22. The fraction of sp³-hybridized carbons (Fsp3) is 0.250. The van der Waals surface area contributed by atoms with E-state index in [-0.39, 0.29) is 11.1 Å². The van der Waals surface area contributed by atoms with Crippen molar-refractivity contribution in [3.8, 4) is 0 Å². The number of rotatable bonds is 3. The van der Waals surface area contributed by atoms with Gasteiger partial charge in [-0.2, -0.15) is 13.2 Å². The van der Waals surface area contributed by atoms with E-state index in [2.05, 4.69) is 15.9 Å². The number of carboxylic acid groups (broad SMARTS) is 1. The Bertz CT molecular complexity index is 539. The van der Waals surface area contributed by atoms with Crippen LogP contribution in [0.1, 0.15) is 16.7 Å². The van der Waals surface area contributed by atoms with Crippen molar-refractivity contribution in [3.05, 3.63) is 38.3 Å². The zero-order valence-electron chi connectivity index (χ0n) is 9.65. The largest absolute Gasteiger partial charge is 0.550 e. The Morgan fingerprint density at radius 3 is 2.53 bits per heavy atom. The molecule has 0 saturated carbocycles. The summed E-state index contributed by atoms with van der Waals surface area (Å²) in [5.74, 6) is -1.38. The van der Waals surface area contributed by atoms with Gasteiger partial charge in [0.05, 0.1) is 0 Å². The molecule has 0 amide bonds. The van der Waals surface area contributed by atoms with Crippen LogP contribution >= 0.6 is 27.5 Å². The summed E-state index contributed by atoms with van der Waals surface area (Å²) >= 11 is 8.26. The minimum Gasteiger partial charge on any atom is -0.550 e. The summed E-state index contributed by atoms with van der Waals surface area (Å²) < 4.78 is 37.5. The number of carboxylic acids is 1. The first-order chi connectivity index (χ1) is 8.61. The highest BCUT2D eigenvalue weighted by molar-refractivity contribution is 9.10. The minimum absolute atomic E-state index is 0.0807. The smallest absolute Gasteiger partial charge is 0.426 e. The molecule has 2 nitrogen and oxygen atoms in total. The molecular formula is C12H8BrClF3O2-. The third-order valence-electron chi connectivity index (χ3n) is 2.24. The number of aryl methyl sites for hydroxylation is 1. The van der Waals surface area contributed by atoms with Gasteiger partial charge in [-0.3, -0.25) is 0 Å². The summed E-state index contributed by atoms with van der Waals surface area (Å²) in [7, 11) is 0. The molecule has 0 aliphatic heterocycles. The van der Waals surface area contributed by atoms with Crippen LogP contribution in [0.3, 0.4) is 0 Å². The van der Waals surface area contributed by atoms with Gasteiger partial charge in [-0.15, -0.1) is 0 Å². The number of alkyl halides is 3. The molecule has 7 heteroatoms. The average molecular weight is 357 g/mol. The highest BCUT2D eigenvalue weighted by Gasteiger charge is 2.32. The molecule has 0 heterocycles. The van der Waals surface area contributed by atoms with Gasteiger partial charge < -0.3 is 9.90 Å². The molecule has 0 spiro atoms. The SMILES string of the molecule is Cc1cc(Br)c(/C=C(\Cl)C(F)(F)F)c(CC(=O)[O-])c1. The van der Waals surface area contributed by atoms with Crippen molar-refractivity contribution in [2.75, 3.05) is 0 Å². The molecule has 0 bridgehead atoms. The summed E-state index contributed by atoms with van der Waals surface area (Å²) in [6.07, 6.45) is -4.47.